The minimum atomic E-state index is -0.228. The number of hydrogen-bond donors (Lipinski definition) is 1. The molecule has 3 rings (SSSR count). The van der Waals surface area contributed by atoms with Gasteiger partial charge >= 0.3 is 6.03 Å². The van der Waals surface area contributed by atoms with E-state index in [1.165, 1.54) is 0 Å². The van der Waals surface area contributed by atoms with E-state index in [0.29, 0.717) is 34.6 Å². The number of amides is 2. The molecule has 128 valence electrons. The van der Waals surface area contributed by atoms with Crippen LogP contribution in [0.15, 0.2) is 71.3 Å². The standard InChI is InChI=1S/C19H16Cl2N2O2/c20-15-5-3-14(4-6-15)12-23(13-18-2-1-11-25-18)19(24)22-17-9-7-16(21)8-10-17/h1-11H,12-13H2,(H,22,24). The van der Waals surface area contributed by atoms with E-state index in [2.05, 4.69) is 5.32 Å². The topological polar surface area (TPSA) is 45.5 Å². The van der Waals surface area contributed by atoms with Gasteiger partial charge in [0.1, 0.15) is 5.76 Å². The van der Waals surface area contributed by atoms with Crippen molar-refractivity contribution < 1.29 is 9.21 Å². The summed E-state index contributed by atoms with van der Waals surface area (Å²) in [5, 5.41) is 4.15. The summed E-state index contributed by atoms with van der Waals surface area (Å²) in [6.45, 7) is 0.784. The number of benzene rings is 2. The van der Waals surface area contributed by atoms with E-state index < -0.39 is 0 Å². The molecular formula is C19H16Cl2N2O2. The Labute approximate surface area is 156 Å². The van der Waals surface area contributed by atoms with Crippen LogP contribution in [0, 0.1) is 0 Å². The summed E-state index contributed by atoms with van der Waals surface area (Å²) < 4.78 is 5.38. The lowest BCUT2D eigenvalue weighted by atomic mass is 10.2. The van der Waals surface area contributed by atoms with Gasteiger partial charge < -0.3 is 14.6 Å². The van der Waals surface area contributed by atoms with Crippen molar-refractivity contribution in [2.45, 2.75) is 13.1 Å². The Morgan fingerprint density at radius 2 is 1.56 bits per heavy atom. The molecule has 2 aromatic carbocycles. The largest absolute Gasteiger partial charge is 0.467 e. The van der Waals surface area contributed by atoms with Gasteiger partial charge in [0, 0.05) is 22.3 Å². The van der Waals surface area contributed by atoms with Crippen molar-refractivity contribution in [3.63, 3.8) is 0 Å². The Bertz CT molecular complexity index is 816. The highest BCUT2D eigenvalue weighted by Crippen LogP contribution is 2.17. The molecule has 4 nitrogen and oxygen atoms in total. The quantitative estimate of drug-likeness (QED) is 0.611. The molecule has 0 aliphatic heterocycles. The number of anilines is 1. The molecule has 0 saturated carbocycles. The van der Waals surface area contributed by atoms with Crippen molar-refractivity contribution in [1.82, 2.24) is 4.90 Å². The summed E-state index contributed by atoms with van der Waals surface area (Å²) in [6, 6.07) is 17.8. The van der Waals surface area contributed by atoms with Crippen molar-refractivity contribution in [2.24, 2.45) is 0 Å². The van der Waals surface area contributed by atoms with Crippen LogP contribution in [0.3, 0.4) is 0 Å². The summed E-state index contributed by atoms with van der Waals surface area (Å²) in [4.78, 5) is 14.4. The average molecular weight is 375 g/mol. The Kier molecular flexibility index (Phi) is 5.64. The van der Waals surface area contributed by atoms with Gasteiger partial charge in [-0.05, 0) is 54.1 Å². The molecule has 0 fully saturated rings. The summed E-state index contributed by atoms with van der Waals surface area (Å²) in [6.07, 6.45) is 1.59. The van der Waals surface area contributed by atoms with Crippen molar-refractivity contribution >= 4 is 34.9 Å². The number of carbonyl (C=O) groups is 1. The van der Waals surface area contributed by atoms with E-state index in [1.807, 2.05) is 18.2 Å². The highest BCUT2D eigenvalue weighted by Gasteiger charge is 2.16. The van der Waals surface area contributed by atoms with Crippen LogP contribution < -0.4 is 5.32 Å². The second-order valence-corrected chi connectivity index (χ2v) is 6.37. The SMILES string of the molecule is O=C(Nc1ccc(Cl)cc1)N(Cc1ccc(Cl)cc1)Cc1ccco1. The number of carbonyl (C=O) groups excluding carboxylic acids is 1. The van der Waals surface area contributed by atoms with Gasteiger partial charge in [0.2, 0.25) is 0 Å². The Morgan fingerprint density at radius 3 is 2.16 bits per heavy atom. The first-order valence-corrected chi connectivity index (χ1v) is 8.44. The predicted octanol–water partition coefficient (Wildman–Crippen LogP) is 5.82. The molecule has 6 heteroatoms. The average Bonchev–Trinajstić information content (AvgIpc) is 3.11. The van der Waals surface area contributed by atoms with E-state index in [-0.39, 0.29) is 6.03 Å². The van der Waals surface area contributed by atoms with Crippen LogP contribution in [0.5, 0.6) is 0 Å². The van der Waals surface area contributed by atoms with Gasteiger partial charge in [0.05, 0.1) is 12.8 Å². The van der Waals surface area contributed by atoms with Gasteiger partial charge in [-0.15, -0.1) is 0 Å². The van der Waals surface area contributed by atoms with E-state index >= 15 is 0 Å². The lowest BCUT2D eigenvalue weighted by Crippen LogP contribution is -2.33. The Balaban J connectivity index is 1.75. The fourth-order valence-corrected chi connectivity index (χ4v) is 2.59. The fourth-order valence-electron chi connectivity index (χ4n) is 2.34. The number of rotatable bonds is 5. The maximum absolute atomic E-state index is 12.7. The van der Waals surface area contributed by atoms with Gasteiger partial charge in [0.15, 0.2) is 0 Å². The number of nitrogens with one attached hydrogen (secondary N) is 1. The van der Waals surface area contributed by atoms with Gasteiger partial charge in [-0.1, -0.05) is 35.3 Å². The van der Waals surface area contributed by atoms with Crippen molar-refractivity contribution in [3.05, 3.63) is 88.3 Å². The minimum absolute atomic E-state index is 0.228. The molecule has 0 saturated heterocycles. The zero-order valence-corrected chi connectivity index (χ0v) is 14.8. The maximum atomic E-state index is 12.7. The third-order valence-corrected chi connectivity index (χ3v) is 4.10. The van der Waals surface area contributed by atoms with E-state index in [4.69, 9.17) is 27.6 Å². The molecule has 1 aromatic heterocycles. The van der Waals surface area contributed by atoms with Crippen LogP contribution in [-0.4, -0.2) is 10.9 Å². The van der Waals surface area contributed by atoms with Crippen LogP contribution in [0.1, 0.15) is 11.3 Å². The Hall–Kier alpha value is -2.43. The Morgan fingerprint density at radius 1 is 0.920 bits per heavy atom. The highest BCUT2D eigenvalue weighted by molar-refractivity contribution is 6.30. The van der Waals surface area contributed by atoms with Crippen LogP contribution in [0.4, 0.5) is 10.5 Å². The zero-order valence-electron chi connectivity index (χ0n) is 13.3. The first-order chi connectivity index (χ1) is 12.1. The molecule has 0 atom stereocenters. The van der Waals surface area contributed by atoms with Gasteiger partial charge in [-0.2, -0.15) is 0 Å². The lowest BCUT2D eigenvalue weighted by Gasteiger charge is -2.22. The monoisotopic (exact) mass is 374 g/mol. The maximum Gasteiger partial charge on any atom is 0.322 e. The fraction of sp³-hybridized carbons (Fsp3) is 0.105. The van der Waals surface area contributed by atoms with Crippen LogP contribution in [0.25, 0.3) is 0 Å². The van der Waals surface area contributed by atoms with Gasteiger partial charge in [-0.3, -0.25) is 0 Å². The number of urea groups is 1. The number of hydrogen-bond acceptors (Lipinski definition) is 2. The molecule has 1 N–H and O–H groups in total. The lowest BCUT2D eigenvalue weighted by molar-refractivity contribution is 0.201. The summed E-state index contributed by atoms with van der Waals surface area (Å²) in [5.74, 6) is 0.709. The van der Waals surface area contributed by atoms with Gasteiger partial charge in [-0.25, -0.2) is 4.79 Å². The molecule has 2 amide bonds. The zero-order chi connectivity index (χ0) is 17.6. The summed E-state index contributed by atoms with van der Waals surface area (Å²) in [5.41, 5.74) is 1.65. The third-order valence-electron chi connectivity index (χ3n) is 3.60. The molecule has 0 bridgehead atoms. The highest BCUT2D eigenvalue weighted by atomic mass is 35.5. The van der Waals surface area contributed by atoms with E-state index in [0.717, 1.165) is 5.56 Å². The first kappa shape index (κ1) is 17.4. The molecule has 0 spiro atoms. The predicted molar refractivity (Wildman–Crippen MR) is 99.9 cm³/mol. The van der Waals surface area contributed by atoms with Crippen molar-refractivity contribution in [2.75, 3.05) is 5.32 Å². The molecule has 0 radical (unpaired) electrons. The number of nitrogens with zero attached hydrogens (tertiary/aromatic N) is 1. The van der Waals surface area contributed by atoms with E-state index in [9.17, 15) is 4.79 Å². The van der Waals surface area contributed by atoms with Crippen molar-refractivity contribution in [1.29, 1.82) is 0 Å². The molecule has 0 aliphatic carbocycles. The normalized spacial score (nSPS) is 10.5. The molecule has 0 aliphatic rings. The van der Waals surface area contributed by atoms with Crippen LogP contribution in [0.2, 0.25) is 10.0 Å². The number of furan rings is 1. The second-order valence-electron chi connectivity index (χ2n) is 5.50. The molecule has 25 heavy (non-hydrogen) atoms. The third kappa shape index (κ3) is 5.02. The summed E-state index contributed by atoms with van der Waals surface area (Å²) >= 11 is 11.8. The van der Waals surface area contributed by atoms with Gasteiger partial charge in [0.25, 0.3) is 0 Å². The smallest absolute Gasteiger partial charge is 0.322 e. The molecule has 3 aromatic rings. The number of halogens is 2. The molecule has 0 unspecified atom stereocenters. The van der Waals surface area contributed by atoms with Crippen LogP contribution >= 0.6 is 23.2 Å². The first-order valence-electron chi connectivity index (χ1n) is 7.68. The second kappa shape index (κ2) is 8.10. The van der Waals surface area contributed by atoms with Crippen molar-refractivity contribution in [3.8, 4) is 0 Å². The molecular weight excluding hydrogens is 359 g/mol. The minimum Gasteiger partial charge on any atom is -0.467 e. The summed E-state index contributed by atoms with van der Waals surface area (Å²) in [7, 11) is 0. The molecule has 1 heterocycles. The van der Waals surface area contributed by atoms with E-state index in [1.54, 1.807) is 53.6 Å². The van der Waals surface area contributed by atoms with Crippen LogP contribution in [-0.2, 0) is 13.1 Å².